The fourth-order valence-corrected chi connectivity index (χ4v) is 3.81. The minimum Gasteiger partial charge on any atom is -0.312 e. The molecule has 7 nitrogen and oxygen atoms in total. The minimum atomic E-state index is -3.94. The fourth-order valence-electron chi connectivity index (χ4n) is 2.24. The van der Waals surface area contributed by atoms with Crippen molar-refractivity contribution in [2.45, 2.75) is 24.8 Å². The number of hydrogen-bond donors (Lipinski definition) is 1. The van der Waals surface area contributed by atoms with E-state index in [0.29, 0.717) is 6.54 Å². The summed E-state index contributed by atoms with van der Waals surface area (Å²) in [6.07, 6.45) is 0. The summed E-state index contributed by atoms with van der Waals surface area (Å²) in [5.41, 5.74) is -0.704. The Labute approximate surface area is 122 Å². The van der Waals surface area contributed by atoms with E-state index in [1.54, 1.807) is 0 Å². The van der Waals surface area contributed by atoms with Crippen molar-refractivity contribution < 1.29 is 17.7 Å². The van der Waals surface area contributed by atoms with Gasteiger partial charge in [0, 0.05) is 31.7 Å². The first-order chi connectivity index (χ1) is 9.73. The van der Waals surface area contributed by atoms with Crippen LogP contribution >= 0.6 is 0 Å². The number of nitrogens with one attached hydrogen (secondary N) is 1. The summed E-state index contributed by atoms with van der Waals surface area (Å²) < 4.78 is 39.9. The quantitative estimate of drug-likeness (QED) is 0.664. The number of piperazine rings is 1. The molecule has 1 N–H and O–H groups in total. The normalized spacial score (nSPS) is 20.4. The molecule has 1 heterocycles. The van der Waals surface area contributed by atoms with Crippen molar-refractivity contribution >= 4 is 15.7 Å². The standard InChI is InChI=1S/C12H16FN3O4S/c1-8-7-15(4-3-14-8)21(19,20)10-5-11(13)9(2)12(6-10)16(17)18/h5-6,8,14H,3-4,7H2,1-2H3. The smallest absolute Gasteiger partial charge is 0.276 e. The third-order valence-electron chi connectivity index (χ3n) is 3.46. The highest BCUT2D eigenvalue weighted by atomic mass is 32.2. The third-order valence-corrected chi connectivity index (χ3v) is 5.30. The molecule has 0 aromatic heterocycles. The highest BCUT2D eigenvalue weighted by Crippen LogP contribution is 2.27. The van der Waals surface area contributed by atoms with Gasteiger partial charge in [-0.1, -0.05) is 0 Å². The number of nitrogens with zero attached hydrogens (tertiary/aromatic N) is 2. The second kappa shape index (κ2) is 5.66. The molecule has 1 aliphatic heterocycles. The molecule has 0 amide bonds. The Balaban J connectivity index is 2.47. The maximum Gasteiger partial charge on any atom is 0.276 e. The van der Waals surface area contributed by atoms with Gasteiger partial charge in [-0.3, -0.25) is 10.1 Å². The van der Waals surface area contributed by atoms with Crippen molar-refractivity contribution in [3.05, 3.63) is 33.6 Å². The number of nitro groups is 1. The Bertz CT molecular complexity index is 677. The molecule has 1 aromatic rings. The van der Waals surface area contributed by atoms with Crippen LogP contribution in [0.3, 0.4) is 0 Å². The average molecular weight is 317 g/mol. The number of rotatable bonds is 3. The van der Waals surface area contributed by atoms with E-state index in [1.165, 1.54) is 11.2 Å². The van der Waals surface area contributed by atoms with E-state index in [0.717, 1.165) is 12.1 Å². The molecular weight excluding hydrogens is 301 g/mol. The highest BCUT2D eigenvalue weighted by molar-refractivity contribution is 7.89. The van der Waals surface area contributed by atoms with E-state index >= 15 is 0 Å². The van der Waals surface area contributed by atoms with Gasteiger partial charge in [0.2, 0.25) is 10.0 Å². The Kier molecular flexibility index (Phi) is 4.26. The SMILES string of the molecule is Cc1c(F)cc(S(=O)(=O)N2CCNC(C)C2)cc1[N+](=O)[O-]. The lowest BCUT2D eigenvalue weighted by molar-refractivity contribution is -0.385. The monoisotopic (exact) mass is 317 g/mol. The molecule has 1 fully saturated rings. The molecule has 2 rings (SSSR count). The van der Waals surface area contributed by atoms with Gasteiger partial charge in [-0.05, 0) is 19.9 Å². The summed E-state index contributed by atoms with van der Waals surface area (Å²) in [6, 6.07) is 1.73. The number of halogens is 1. The van der Waals surface area contributed by atoms with Crippen LogP contribution in [0, 0.1) is 22.9 Å². The van der Waals surface area contributed by atoms with Crippen molar-refractivity contribution in [3.63, 3.8) is 0 Å². The first-order valence-electron chi connectivity index (χ1n) is 6.41. The Morgan fingerprint density at radius 2 is 2.14 bits per heavy atom. The van der Waals surface area contributed by atoms with Gasteiger partial charge in [0.1, 0.15) is 5.82 Å². The van der Waals surface area contributed by atoms with E-state index in [1.807, 2.05) is 6.92 Å². The third kappa shape index (κ3) is 3.04. The minimum absolute atomic E-state index is 0.0289. The summed E-state index contributed by atoms with van der Waals surface area (Å²) >= 11 is 0. The Morgan fingerprint density at radius 1 is 1.48 bits per heavy atom. The second-order valence-electron chi connectivity index (χ2n) is 5.02. The predicted molar refractivity (Wildman–Crippen MR) is 74.0 cm³/mol. The van der Waals surface area contributed by atoms with Crippen LogP contribution in [0.15, 0.2) is 17.0 Å². The average Bonchev–Trinajstić information content (AvgIpc) is 2.41. The second-order valence-corrected chi connectivity index (χ2v) is 6.96. The molecule has 1 saturated heterocycles. The van der Waals surface area contributed by atoms with Gasteiger partial charge >= 0.3 is 0 Å². The van der Waals surface area contributed by atoms with Crippen LogP contribution < -0.4 is 5.32 Å². The van der Waals surface area contributed by atoms with Crippen LogP contribution in [0.25, 0.3) is 0 Å². The molecule has 1 atom stereocenters. The van der Waals surface area contributed by atoms with Crippen LogP contribution in [0.1, 0.15) is 12.5 Å². The molecule has 116 valence electrons. The molecule has 1 unspecified atom stereocenters. The topological polar surface area (TPSA) is 92.6 Å². The molecule has 0 saturated carbocycles. The zero-order valence-corrected chi connectivity index (χ0v) is 12.5. The Morgan fingerprint density at radius 3 is 2.71 bits per heavy atom. The van der Waals surface area contributed by atoms with Gasteiger partial charge in [0.25, 0.3) is 5.69 Å². The summed E-state index contributed by atoms with van der Waals surface area (Å²) in [4.78, 5) is 9.74. The zero-order valence-electron chi connectivity index (χ0n) is 11.7. The lowest BCUT2D eigenvalue weighted by atomic mass is 10.2. The number of benzene rings is 1. The molecule has 0 aliphatic carbocycles. The highest BCUT2D eigenvalue weighted by Gasteiger charge is 2.31. The van der Waals surface area contributed by atoms with E-state index < -0.39 is 26.5 Å². The fraction of sp³-hybridized carbons (Fsp3) is 0.500. The van der Waals surface area contributed by atoms with Gasteiger partial charge < -0.3 is 5.32 Å². The van der Waals surface area contributed by atoms with Crippen LogP contribution in [0.4, 0.5) is 10.1 Å². The van der Waals surface area contributed by atoms with E-state index in [4.69, 9.17) is 0 Å². The molecule has 21 heavy (non-hydrogen) atoms. The largest absolute Gasteiger partial charge is 0.312 e. The van der Waals surface area contributed by atoms with E-state index in [-0.39, 0.29) is 29.6 Å². The van der Waals surface area contributed by atoms with E-state index in [2.05, 4.69) is 5.32 Å². The molecule has 0 spiro atoms. The number of hydrogen-bond acceptors (Lipinski definition) is 5. The summed E-state index contributed by atoms with van der Waals surface area (Å²) in [6.45, 7) is 4.05. The Hall–Kier alpha value is -1.58. The van der Waals surface area contributed by atoms with Crippen LogP contribution in [0.5, 0.6) is 0 Å². The molecule has 1 aromatic carbocycles. The summed E-state index contributed by atoms with van der Waals surface area (Å²) in [5.74, 6) is -0.897. The van der Waals surface area contributed by atoms with Crippen molar-refractivity contribution in [1.29, 1.82) is 0 Å². The maximum absolute atomic E-state index is 13.8. The molecular formula is C12H16FN3O4S. The van der Waals surface area contributed by atoms with Crippen molar-refractivity contribution in [3.8, 4) is 0 Å². The van der Waals surface area contributed by atoms with Crippen molar-refractivity contribution in [2.75, 3.05) is 19.6 Å². The zero-order chi connectivity index (χ0) is 15.8. The first kappa shape index (κ1) is 15.8. The predicted octanol–water partition coefficient (Wildman–Crippen LogP) is 1.02. The molecule has 0 bridgehead atoms. The van der Waals surface area contributed by atoms with Crippen LogP contribution in [0.2, 0.25) is 0 Å². The van der Waals surface area contributed by atoms with Gasteiger partial charge in [-0.2, -0.15) is 4.31 Å². The van der Waals surface area contributed by atoms with Gasteiger partial charge in [-0.25, -0.2) is 12.8 Å². The van der Waals surface area contributed by atoms with E-state index in [9.17, 15) is 22.9 Å². The summed E-state index contributed by atoms with van der Waals surface area (Å²) in [7, 11) is -3.94. The first-order valence-corrected chi connectivity index (χ1v) is 7.85. The molecule has 0 radical (unpaired) electrons. The number of nitro benzene ring substituents is 1. The van der Waals surface area contributed by atoms with Crippen LogP contribution in [-0.2, 0) is 10.0 Å². The van der Waals surface area contributed by atoms with Gasteiger partial charge in [0.15, 0.2) is 0 Å². The molecule has 1 aliphatic rings. The summed E-state index contributed by atoms with van der Waals surface area (Å²) in [5, 5.41) is 14.0. The lowest BCUT2D eigenvalue weighted by Crippen LogP contribution is -2.51. The maximum atomic E-state index is 13.8. The van der Waals surface area contributed by atoms with Crippen molar-refractivity contribution in [1.82, 2.24) is 9.62 Å². The number of sulfonamides is 1. The van der Waals surface area contributed by atoms with Crippen LogP contribution in [-0.4, -0.2) is 43.3 Å². The van der Waals surface area contributed by atoms with Gasteiger partial charge in [-0.15, -0.1) is 0 Å². The lowest BCUT2D eigenvalue weighted by Gasteiger charge is -2.31. The molecule has 9 heteroatoms. The van der Waals surface area contributed by atoms with Crippen molar-refractivity contribution in [2.24, 2.45) is 0 Å². The van der Waals surface area contributed by atoms with Gasteiger partial charge in [0.05, 0.1) is 15.4 Å².